The molecule has 0 bridgehead atoms. The van der Waals surface area contributed by atoms with Gasteiger partial charge in [-0.05, 0) is 29.7 Å². The Morgan fingerprint density at radius 1 is 0.969 bits per heavy atom. The van der Waals surface area contributed by atoms with Gasteiger partial charge in [0.2, 0.25) is 11.7 Å². The molecule has 0 radical (unpaired) electrons. The fourth-order valence-electron chi connectivity index (χ4n) is 3.41. The molecule has 1 heterocycles. The van der Waals surface area contributed by atoms with Crippen molar-refractivity contribution in [3.63, 3.8) is 0 Å². The first-order chi connectivity index (χ1) is 15.4. The third-order valence-electron chi connectivity index (χ3n) is 5.07. The molecule has 0 aliphatic heterocycles. The van der Waals surface area contributed by atoms with E-state index in [-0.39, 0.29) is 10.4 Å². The zero-order valence-corrected chi connectivity index (χ0v) is 19.2. The van der Waals surface area contributed by atoms with Crippen molar-refractivity contribution in [2.75, 3.05) is 0 Å². The molecular weight excluding hydrogens is 501 g/mol. The van der Waals surface area contributed by atoms with Crippen molar-refractivity contribution in [3.05, 3.63) is 106 Å². The van der Waals surface area contributed by atoms with Crippen LogP contribution in [0.4, 0.5) is 8.78 Å². The molecule has 9 heteroatoms. The first-order valence-corrected chi connectivity index (χ1v) is 11.9. The van der Waals surface area contributed by atoms with Crippen LogP contribution in [-0.4, -0.2) is 19.9 Å². The van der Waals surface area contributed by atoms with Gasteiger partial charge in [-0.1, -0.05) is 87.8 Å². The van der Waals surface area contributed by atoms with Gasteiger partial charge in [-0.3, -0.25) is 0 Å². The molecule has 1 unspecified atom stereocenters. The summed E-state index contributed by atoms with van der Waals surface area (Å²) < 4.78 is 33.9. The molecule has 4 aromatic rings. The van der Waals surface area contributed by atoms with E-state index in [2.05, 4.69) is 26.1 Å². The van der Waals surface area contributed by atoms with Gasteiger partial charge >= 0.3 is 14.0 Å². The smallest absolute Gasteiger partial charge is 0.338 e. The zero-order valence-electron chi connectivity index (χ0n) is 16.6. The van der Waals surface area contributed by atoms with Gasteiger partial charge in [-0.15, -0.1) is 0 Å². The van der Waals surface area contributed by atoms with Crippen LogP contribution in [0, 0.1) is 0 Å². The Balaban J connectivity index is 1.68. The Hall–Kier alpha value is -2.51. The van der Waals surface area contributed by atoms with E-state index in [1.54, 1.807) is 12.1 Å². The molecular formula is C23H19BrF2N2O3P+. The number of halogens is 3. The van der Waals surface area contributed by atoms with Crippen LogP contribution in [0.15, 0.2) is 87.9 Å². The minimum atomic E-state index is -3.83. The molecule has 0 fully saturated rings. The lowest BCUT2D eigenvalue weighted by molar-refractivity contribution is 0.0724. The topological polar surface area (TPSA) is 79.4 Å². The zero-order chi connectivity index (χ0) is 22.7. The van der Waals surface area contributed by atoms with Gasteiger partial charge in [0.25, 0.3) is 0 Å². The van der Waals surface area contributed by atoms with Crippen molar-refractivity contribution in [1.82, 2.24) is 10.1 Å². The third-order valence-corrected chi connectivity index (χ3v) is 6.55. The second-order valence-corrected chi connectivity index (χ2v) is 9.33. The van der Waals surface area contributed by atoms with Crippen LogP contribution in [0.3, 0.4) is 0 Å². The van der Waals surface area contributed by atoms with Gasteiger partial charge in [0, 0.05) is 10.0 Å². The second kappa shape index (κ2) is 9.55. The molecule has 164 valence electrons. The number of alkyl halides is 2. The van der Waals surface area contributed by atoms with Gasteiger partial charge in [0.1, 0.15) is 0 Å². The summed E-state index contributed by atoms with van der Waals surface area (Å²) in [5, 5.41) is 4.11. The van der Waals surface area contributed by atoms with E-state index < -0.39 is 19.6 Å². The van der Waals surface area contributed by atoms with Crippen molar-refractivity contribution in [1.29, 1.82) is 0 Å². The van der Waals surface area contributed by atoms with Crippen LogP contribution < -0.4 is 0 Å². The summed E-state index contributed by atoms with van der Waals surface area (Å²) in [6.45, 7) is 0. The highest BCUT2D eigenvalue weighted by molar-refractivity contribution is 9.10. The summed E-state index contributed by atoms with van der Waals surface area (Å²) in [4.78, 5) is 22.8. The number of rotatable bonds is 7. The molecule has 1 aromatic heterocycles. The van der Waals surface area contributed by atoms with Gasteiger partial charge < -0.3 is 4.52 Å². The number of hydrogen-bond acceptors (Lipinski definition) is 5. The van der Waals surface area contributed by atoms with Crippen LogP contribution in [0.25, 0.3) is 11.4 Å². The summed E-state index contributed by atoms with van der Waals surface area (Å²) >= 11 is 3.15. The summed E-state index contributed by atoms with van der Waals surface area (Å²) in [7, 11) is -3.83. The lowest BCUT2D eigenvalue weighted by Crippen LogP contribution is -2.12. The molecule has 0 spiro atoms. The fraction of sp³-hybridized carbons (Fsp3) is 0.130. The Bertz CT molecular complexity index is 1190. The van der Waals surface area contributed by atoms with Crippen molar-refractivity contribution in [2.45, 2.75) is 18.0 Å². The molecule has 0 aliphatic carbocycles. The predicted molar refractivity (Wildman–Crippen MR) is 123 cm³/mol. The third kappa shape index (κ3) is 4.79. The van der Waals surface area contributed by atoms with E-state index in [0.717, 1.165) is 16.7 Å². The minimum absolute atomic E-state index is 0.105. The number of benzene rings is 3. The maximum absolute atomic E-state index is 14.1. The summed E-state index contributed by atoms with van der Waals surface area (Å²) in [5.41, 5.74) is -1.64. The highest BCUT2D eigenvalue weighted by Crippen LogP contribution is 2.54. The van der Waals surface area contributed by atoms with Crippen LogP contribution >= 0.6 is 24.3 Å². The van der Waals surface area contributed by atoms with Crippen LogP contribution in [0.1, 0.15) is 28.5 Å². The summed E-state index contributed by atoms with van der Waals surface area (Å²) in [6.07, 6.45) is 0.418. The maximum atomic E-state index is 14.1. The molecule has 32 heavy (non-hydrogen) atoms. The molecule has 0 saturated heterocycles. The lowest BCUT2D eigenvalue weighted by atomic mass is 9.91. The van der Waals surface area contributed by atoms with Crippen LogP contribution in [0.2, 0.25) is 0 Å². The Kier molecular flexibility index (Phi) is 6.76. The first kappa shape index (κ1) is 22.7. The number of aromatic nitrogens is 2. The van der Waals surface area contributed by atoms with Crippen LogP contribution in [0.5, 0.6) is 0 Å². The van der Waals surface area contributed by atoms with Gasteiger partial charge in [0.15, 0.2) is 0 Å². The van der Waals surface area contributed by atoms with Gasteiger partial charge in [-0.25, -0.2) is 9.79 Å². The average molecular weight is 520 g/mol. The van der Waals surface area contributed by atoms with Gasteiger partial charge in [0.05, 0.1) is 11.5 Å². The average Bonchev–Trinajstić information content (AvgIpc) is 3.28. The molecule has 2 N–H and O–H groups in total. The van der Waals surface area contributed by atoms with Crippen molar-refractivity contribution in [3.8, 4) is 11.4 Å². The minimum Gasteiger partial charge on any atom is -0.338 e. The van der Waals surface area contributed by atoms with E-state index in [1.807, 2.05) is 60.7 Å². The van der Waals surface area contributed by atoms with E-state index >= 15 is 0 Å². The Labute approximate surface area is 192 Å². The molecule has 1 atom stereocenters. The SMILES string of the molecule is O[PH+](O)C(F)(F)c1ccc(CC(c2ccccc2)c2nc(-c3ccccc3)no2)cc1Br. The van der Waals surface area contributed by atoms with E-state index in [0.29, 0.717) is 18.1 Å². The normalized spacial score (nSPS) is 12.8. The predicted octanol–water partition coefficient (Wildman–Crippen LogP) is 5.95. The lowest BCUT2D eigenvalue weighted by Gasteiger charge is -2.16. The molecule has 3 aromatic carbocycles. The summed E-state index contributed by atoms with van der Waals surface area (Å²) in [5.74, 6) is 0.588. The summed E-state index contributed by atoms with van der Waals surface area (Å²) in [6, 6.07) is 23.4. The highest BCUT2D eigenvalue weighted by Gasteiger charge is 2.49. The highest BCUT2D eigenvalue weighted by atomic mass is 79.9. The van der Waals surface area contributed by atoms with E-state index in [1.165, 1.54) is 6.07 Å². The largest absolute Gasteiger partial charge is 0.431 e. The standard InChI is InChI=1S/C23H18BrF2N2O3P/c24-20-14-15(11-12-19(20)23(25,26)32(29)30)13-18(16-7-3-1-4-8-16)22-27-21(28-31-22)17-9-5-2-6-10-17/h1-12,14,18,29-30H,13H2/p+1. The van der Waals surface area contributed by atoms with Crippen molar-refractivity contribution in [2.24, 2.45) is 0 Å². The molecule has 0 aliphatic rings. The maximum Gasteiger partial charge on any atom is 0.431 e. The van der Waals surface area contributed by atoms with Gasteiger partial charge in [-0.2, -0.15) is 13.8 Å². The monoisotopic (exact) mass is 519 g/mol. The van der Waals surface area contributed by atoms with E-state index in [9.17, 15) is 8.78 Å². The van der Waals surface area contributed by atoms with Crippen molar-refractivity contribution >= 4 is 24.3 Å². The second-order valence-electron chi connectivity index (χ2n) is 7.20. The Morgan fingerprint density at radius 3 is 2.25 bits per heavy atom. The first-order valence-electron chi connectivity index (χ1n) is 9.72. The van der Waals surface area contributed by atoms with Crippen LogP contribution in [-0.2, 0) is 12.1 Å². The number of nitrogens with zero attached hydrogens (tertiary/aromatic N) is 2. The molecule has 0 saturated carbocycles. The fourth-order valence-corrected chi connectivity index (χ4v) is 4.73. The molecule has 5 nitrogen and oxygen atoms in total. The van der Waals surface area contributed by atoms with Crippen molar-refractivity contribution < 1.29 is 23.1 Å². The quantitative estimate of drug-likeness (QED) is 0.295. The Morgan fingerprint density at radius 2 is 1.62 bits per heavy atom. The molecule has 0 amide bonds. The van der Waals surface area contributed by atoms with E-state index in [4.69, 9.17) is 14.3 Å². The molecule has 4 rings (SSSR count). The number of hydrogen-bond donors (Lipinski definition) is 2.